The van der Waals surface area contributed by atoms with Crippen molar-refractivity contribution in [3.8, 4) is 22.8 Å². The van der Waals surface area contributed by atoms with Gasteiger partial charge >= 0.3 is 5.97 Å². The Morgan fingerprint density at radius 2 is 2.00 bits per heavy atom. The third kappa shape index (κ3) is 3.57. The van der Waals surface area contributed by atoms with Crippen LogP contribution in [0.1, 0.15) is 35.9 Å². The Hall–Kier alpha value is -3.30. The van der Waals surface area contributed by atoms with Gasteiger partial charge in [-0.15, -0.1) is 0 Å². The first-order valence-corrected chi connectivity index (χ1v) is 8.35. The first kappa shape index (κ1) is 19.5. The smallest absolute Gasteiger partial charge is 0.370 e. The highest BCUT2D eigenvalue weighted by atomic mass is 19.1. The molecule has 3 aromatic rings. The van der Waals surface area contributed by atoms with Crippen molar-refractivity contribution in [1.82, 2.24) is 14.8 Å². The van der Waals surface area contributed by atoms with Crippen molar-refractivity contribution < 1.29 is 29.2 Å². The second kappa shape index (κ2) is 7.37. The number of aliphatic hydroxyl groups is 2. The molecule has 8 nitrogen and oxygen atoms in total. The SMILES string of the molecule is CC(C)n1nccc1-c1cccnc1C(O)(O)Oc1cc(F)cc(O)c1C=O. The van der Waals surface area contributed by atoms with Gasteiger partial charge < -0.3 is 20.1 Å². The summed E-state index contributed by atoms with van der Waals surface area (Å²) in [6, 6.07) is 6.30. The van der Waals surface area contributed by atoms with Gasteiger partial charge in [-0.05, 0) is 32.0 Å². The van der Waals surface area contributed by atoms with Crippen LogP contribution in [0.25, 0.3) is 11.3 Å². The van der Waals surface area contributed by atoms with Gasteiger partial charge in [-0.25, -0.2) is 4.39 Å². The van der Waals surface area contributed by atoms with E-state index in [1.165, 1.54) is 6.20 Å². The van der Waals surface area contributed by atoms with E-state index in [1.807, 2.05) is 13.8 Å². The zero-order chi connectivity index (χ0) is 20.5. The molecule has 0 bridgehead atoms. The van der Waals surface area contributed by atoms with E-state index in [9.17, 15) is 24.5 Å². The Balaban J connectivity index is 2.10. The van der Waals surface area contributed by atoms with Gasteiger partial charge in [0.25, 0.3) is 0 Å². The van der Waals surface area contributed by atoms with Crippen LogP contribution in [0.4, 0.5) is 4.39 Å². The summed E-state index contributed by atoms with van der Waals surface area (Å²) in [5.74, 6) is -5.19. The zero-order valence-corrected chi connectivity index (χ0v) is 15.1. The average molecular weight is 387 g/mol. The maximum absolute atomic E-state index is 13.6. The van der Waals surface area contributed by atoms with Crippen LogP contribution in [-0.4, -0.2) is 36.4 Å². The minimum Gasteiger partial charge on any atom is -0.507 e. The molecule has 0 spiro atoms. The molecule has 0 saturated carbocycles. The molecule has 0 radical (unpaired) electrons. The van der Waals surface area contributed by atoms with E-state index < -0.39 is 28.9 Å². The highest BCUT2D eigenvalue weighted by Crippen LogP contribution is 2.35. The Labute approximate surface area is 159 Å². The number of phenolic OH excluding ortho intramolecular Hbond substituents is 1. The predicted molar refractivity (Wildman–Crippen MR) is 96.0 cm³/mol. The molecule has 0 amide bonds. The summed E-state index contributed by atoms with van der Waals surface area (Å²) in [6.45, 7) is 3.81. The molecule has 0 aliphatic rings. The van der Waals surface area contributed by atoms with Crippen molar-refractivity contribution in [1.29, 1.82) is 0 Å². The lowest BCUT2D eigenvalue weighted by molar-refractivity contribution is -0.306. The van der Waals surface area contributed by atoms with Crippen molar-refractivity contribution in [3.05, 3.63) is 59.8 Å². The van der Waals surface area contributed by atoms with Crippen LogP contribution in [0.2, 0.25) is 0 Å². The lowest BCUT2D eigenvalue weighted by atomic mass is 10.1. The average Bonchev–Trinajstić information content (AvgIpc) is 3.11. The lowest BCUT2D eigenvalue weighted by Crippen LogP contribution is -2.34. The number of hydrogen-bond acceptors (Lipinski definition) is 7. The van der Waals surface area contributed by atoms with Crippen molar-refractivity contribution in [3.63, 3.8) is 0 Å². The molecule has 2 heterocycles. The number of aromatic hydroxyl groups is 1. The highest BCUT2D eigenvalue weighted by Gasteiger charge is 2.36. The van der Waals surface area contributed by atoms with E-state index in [-0.39, 0.29) is 18.0 Å². The molecule has 1 aromatic carbocycles. The van der Waals surface area contributed by atoms with Crippen LogP contribution in [0.15, 0.2) is 42.7 Å². The molecular formula is C19H18FN3O5. The first-order valence-electron chi connectivity index (χ1n) is 8.35. The van der Waals surface area contributed by atoms with E-state index in [0.29, 0.717) is 17.3 Å². The van der Waals surface area contributed by atoms with Gasteiger partial charge in [-0.3, -0.25) is 14.5 Å². The molecule has 2 aromatic heterocycles. The number of carbonyl (C=O) groups is 1. The fourth-order valence-electron chi connectivity index (χ4n) is 2.79. The predicted octanol–water partition coefficient (Wildman–Crippen LogP) is 2.36. The van der Waals surface area contributed by atoms with Gasteiger partial charge in [0.15, 0.2) is 12.0 Å². The van der Waals surface area contributed by atoms with E-state index >= 15 is 0 Å². The summed E-state index contributed by atoms with van der Waals surface area (Å²) >= 11 is 0. The van der Waals surface area contributed by atoms with Crippen molar-refractivity contribution in [2.75, 3.05) is 0 Å². The van der Waals surface area contributed by atoms with Crippen LogP contribution >= 0.6 is 0 Å². The van der Waals surface area contributed by atoms with Crippen LogP contribution in [0.5, 0.6) is 11.5 Å². The van der Waals surface area contributed by atoms with E-state index in [2.05, 4.69) is 10.1 Å². The second-order valence-corrected chi connectivity index (χ2v) is 6.32. The zero-order valence-electron chi connectivity index (χ0n) is 15.1. The third-order valence-electron chi connectivity index (χ3n) is 4.01. The van der Waals surface area contributed by atoms with E-state index in [4.69, 9.17) is 4.74 Å². The summed E-state index contributed by atoms with van der Waals surface area (Å²) in [4.78, 5) is 15.2. The molecule has 0 atom stereocenters. The largest absolute Gasteiger partial charge is 0.507 e. The maximum Gasteiger partial charge on any atom is 0.370 e. The van der Waals surface area contributed by atoms with Gasteiger partial charge in [-0.1, -0.05) is 0 Å². The molecule has 3 rings (SSSR count). The summed E-state index contributed by atoms with van der Waals surface area (Å²) < 4.78 is 20.4. The minimum absolute atomic E-state index is 0.0207. The van der Waals surface area contributed by atoms with Crippen molar-refractivity contribution >= 4 is 6.29 Å². The normalized spacial score (nSPS) is 11.6. The van der Waals surface area contributed by atoms with Crippen LogP contribution in [-0.2, 0) is 5.97 Å². The fourth-order valence-corrected chi connectivity index (χ4v) is 2.79. The molecule has 0 aliphatic carbocycles. The summed E-state index contributed by atoms with van der Waals surface area (Å²) in [6.07, 6.45) is 3.09. The number of phenols is 1. The number of carbonyl (C=O) groups excluding carboxylic acids is 1. The van der Waals surface area contributed by atoms with Gasteiger partial charge in [0, 0.05) is 36.1 Å². The minimum atomic E-state index is -3.03. The molecule has 0 fully saturated rings. The maximum atomic E-state index is 13.6. The van der Waals surface area contributed by atoms with Gasteiger partial charge in [0.2, 0.25) is 0 Å². The molecule has 0 aliphatic heterocycles. The number of nitrogens with zero attached hydrogens (tertiary/aromatic N) is 3. The van der Waals surface area contributed by atoms with E-state index in [0.717, 1.165) is 6.07 Å². The number of halogens is 1. The highest BCUT2D eigenvalue weighted by molar-refractivity contribution is 5.83. The summed E-state index contributed by atoms with van der Waals surface area (Å²) in [5, 5.41) is 35.0. The van der Waals surface area contributed by atoms with Crippen LogP contribution < -0.4 is 4.74 Å². The lowest BCUT2D eigenvalue weighted by Gasteiger charge is -2.25. The van der Waals surface area contributed by atoms with Crippen LogP contribution in [0.3, 0.4) is 0 Å². The topological polar surface area (TPSA) is 118 Å². The summed E-state index contributed by atoms with van der Waals surface area (Å²) in [7, 11) is 0. The molecule has 3 N–H and O–H groups in total. The van der Waals surface area contributed by atoms with Crippen molar-refractivity contribution in [2.45, 2.75) is 25.9 Å². The van der Waals surface area contributed by atoms with Crippen LogP contribution in [0, 0.1) is 5.82 Å². The molecule has 146 valence electrons. The Morgan fingerprint density at radius 1 is 1.25 bits per heavy atom. The number of rotatable bonds is 6. The molecule has 28 heavy (non-hydrogen) atoms. The third-order valence-corrected chi connectivity index (χ3v) is 4.01. The standard InChI is InChI=1S/C19H18FN3O5/c1-11(2)23-15(5-7-22-23)13-4-3-6-21-18(13)19(26,27)28-17-9-12(20)8-16(25)14(17)10-24/h3-11,25-27H,1-2H3. The Morgan fingerprint density at radius 3 is 2.68 bits per heavy atom. The quantitative estimate of drug-likeness (QED) is 0.439. The number of ether oxygens (including phenoxy) is 1. The van der Waals surface area contributed by atoms with Gasteiger partial charge in [0.1, 0.15) is 17.3 Å². The van der Waals surface area contributed by atoms with Crippen molar-refractivity contribution in [2.24, 2.45) is 0 Å². The number of aromatic nitrogens is 3. The fraction of sp³-hybridized carbons (Fsp3) is 0.211. The Kier molecular flexibility index (Phi) is 5.12. The molecular weight excluding hydrogens is 369 g/mol. The number of benzene rings is 1. The van der Waals surface area contributed by atoms with E-state index in [1.54, 1.807) is 29.1 Å². The van der Waals surface area contributed by atoms with Gasteiger partial charge in [0.05, 0.1) is 11.3 Å². The first-order chi connectivity index (χ1) is 13.2. The number of hydrogen-bond donors (Lipinski definition) is 3. The van der Waals surface area contributed by atoms with Gasteiger partial charge in [-0.2, -0.15) is 5.10 Å². The Bertz CT molecular complexity index is 1020. The second-order valence-electron chi connectivity index (χ2n) is 6.32. The summed E-state index contributed by atoms with van der Waals surface area (Å²) in [5.41, 5.74) is 0.135. The number of pyridine rings is 1. The number of aldehydes is 1. The monoisotopic (exact) mass is 387 g/mol. The molecule has 0 unspecified atom stereocenters. The molecule has 9 heteroatoms. The molecule has 0 saturated heterocycles.